The number of halogens is 1. The van der Waals surface area contributed by atoms with Crippen LogP contribution < -0.4 is 5.32 Å². The molecule has 1 heterocycles. The summed E-state index contributed by atoms with van der Waals surface area (Å²) in [7, 11) is 0. The lowest BCUT2D eigenvalue weighted by Crippen LogP contribution is -2.05. The van der Waals surface area contributed by atoms with Gasteiger partial charge in [-0.3, -0.25) is 0 Å². The van der Waals surface area contributed by atoms with Crippen LogP contribution in [0.5, 0.6) is 0 Å². The molecular weight excluding hydrogens is 157 g/mol. The molecule has 1 rings (SSSR count). The molecule has 0 bridgehead atoms. The SMILES string of the molecule is CCCNc1ncc(F)c(C)n1. The molecule has 0 aliphatic heterocycles. The molecule has 12 heavy (non-hydrogen) atoms. The lowest BCUT2D eigenvalue weighted by molar-refractivity contribution is 0.602. The minimum atomic E-state index is -0.364. The third-order valence-corrected chi connectivity index (χ3v) is 1.45. The first-order valence-corrected chi connectivity index (χ1v) is 3.97. The lowest BCUT2D eigenvalue weighted by atomic mass is 10.4. The van der Waals surface area contributed by atoms with Crippen molar-refractivity contribution in [3.8, 4) is 0 Å². The van der Waals surface area contributed by atoms with E-state index in [1.807, 2.05) is 6.92 Å². The summed E-state index contributed by atoms with van der Waals surface area (Å²) < 4.78 is 12.7. The first-order chi connectivity index (χ1) is 5.74. The van der Waals surface area contributed by atoms with Crippen molar-refractivity contribution in [2.75, 3.05) is 11.9 Å². The Bertz CT molecular complexity index is 262. The van der Waals surface area contributed by atoms with Crippen LogP contribution in [0.4, 0.5) is 10.3 Å². The molecule has 1 aromatic rings. The fourth-order valence-electron chi connectivity index (χ4n) is 0.774. The van der Waals surface area contributed by atoms with Crippen molar-refractivity contribution >= 4 is 5.95 Å². The highest BCUT2D eigenvalue weighted by Gasteiger charge is 2.00. The fourth-order valence-corrected chi connectivity index (χ4v) is 0.774. The number of nitrogens with zero attached hydrogens (tertiary/aromatic N) is 2. The average molecular weight is 169 g/mol. The molecule has 0 amide bonds. The molecule has 0 radical (unpaired) electrons. The topological polar surface area (TPSA) is 37.8 Å². The monoisotopic (exact) mass is 169 g/mol. The van der Waals surface area contributed by atoms with E-state index in [4.69, 9.17) is 0 Å². The van der Waals surface area contributed by atoms with Crippen LogP contribution in [0.1, 0.15) is 19.0 Å². The molecule has 0 atom stereocenters. The molecule has 0 aliphatic carbocycles. The maximum atomic E-state index is 12.7. The molecular formula is C8H12FN3. The van der Waals surface area contributed by atoms with Crippen LogP contribution in [0.2, 0.25) is 0 Å². The van der Waals surface area contributed by atoms with Gasteiger partial charge in [-0.25, -0.2) is 14.4 Å². The van der Waals surface area contributed by atoms with Gasteiger partial charge in [-0.1, -0.05) is 6.92 Å². The van der Waals surface area contributed by atoms with Gasteiger partial charge in [0, 0.05) is 6.54 Å². The number of nitrogens with one attached hydrogen (secondary N) is 1. The van der Waals surface area contributed by atoms with Crippen molar-refractivity contribution in [1.82, 2.24) is 9.97 Å². The maximum Gasteiger partial charge on any atom is 0.223 e. The van der Waals surface area contributed by atoms with E-state index < -0.39 is 0 Å². The summed E-state index contributed by atoms with van der Waals surface area (Å²) in [5, 5.41) is 2.97. The van der Waals surface area contributed by atoms with Gasteiger partial charge in [0.05, 0.1) is 11.9 Å². The van der Waals surface area contributed by atoms with E-state index in [1.165, 1.54) is 6.20 Å². The standard InChI is InChI=1S/C8H12FN3/c1-3-4-10-8-11-5-7(9)6(2)12-8/h5H,3-4H2,1-2H3,(H,10,11,12). The van der Waals surface area contributed by atoms with E-state index >= 15 is 0 Å². The highest BCUT2D eigenvalue weighted by atomic mass is 19.1. The van der Waals surface area contributed by atoms with Crippen molar-refractivity contribution in [2.45, 2.75) is 20.3 Å². The van der Waals surface area contributed by atoms with Crippen LogP contribution in [-0.4, -0.2) is 16.5 Å². The molecule has 0 aromatic carbocycles. The van der Waals surface area contributed by atoms with Gasteiger partial charge in [-0.05, 0) is 13.3 Å². The summed E-state index contributed by atoms with van der Waals surface area (Å²) in [4.78, 5) is 7.69. The molecule has 1 aromatic heterocycles. The van der Waals surface area contributed by atoms with Gasteiger partial charge >= 0.3 is 0 Å². The van der Waals surface area contributed by atoms with Crippen LogP contribution in [0.3, 0.4) is 0 Å². The van der Waals surface area contributed by atoms with Crippen LogP contribution in [0.25, 0.3) is 0 Å². The number of aryl methyl sites for hydroxylation is 1. The number of anilines is 1. The quantitative estimate of drug-likeness (QED) is 0.749. The van der Waals surface area contributed by atoms with Gasteiger partial charge in [-0.15, -0.1) is 0 Å². The average Bonchev–Trinajstić information content (AvgIpc) is 2.07. The molecule has 66 valence electrons. The Hall–Kier alpha value is -1.19. The fraction of sp³-hybridized carbons (Fsp3) is 0.500. The predicted octanol–water partition coefficient (Wildman–Crippen LogP) is 1.75. The Labute approximate surface area is 71.0 Å². The minimum Gasteiger partial charge on any atom is -0.354 e. The summed E-state index contributed by atoms with van der Waals surface area (Å²) >= 11 is 0. The summed E-state index contributed by atoms with van der Waals surface area (Å²) in [6.45, 7) is 4.47. The number of rotatable bonds is 3. The third kappa shape index (κ3) is 2.15. The van der Waals surface area contributed by atoms with Crippen LogP contribution in [-0.2, 0) is 0 Å². The van der Waals surface area contributed by atoms with E-state index in [9.17, 15) is 4.39 Å². The highest BCUT2D eigenvalue weighted by Crippen LogP contribution is 2.03. The molecule has 0 aliphatic rings. The Morgan fingerprint density at radius 3 is 2.92 bits per heavy atom. The highest BCUT2D eigenvalue weighted by molar-refractivity contribution is 5.24. The van der Waals surface area contributed by atoms with Crippen molar-refractivity contribution in [1.29, 1.82) is 0 Å². The van der Waals surface area contributed by atoms with Crippen molar-refractivity contribution in [3.63, 3.8) is 0 Å². The smallest absolute Gasteiger partial charge is 0.223 e. The van der Waals surface area contributed by atoms with Gasteiger partial charge in [0.15, 0.2) is 5.82 Å². The van der Waals surface area contributed by atoms with Gasteiger partial charge < -0.3 is 5.32 Å². The van der Waals surface area contributed by atoms with Crippen LogP contribution >= 0.6 is 0 Å². The van der Waals surface area contributed by atoms with E-state index in [1.54, 1.807) is 6.92 Å². The van der Waals surface area contributed by atoms with Gasteiger partial charge in [0.25, 0.3) is 0 Å². The van der Waals surface area contributed by atoms with Gasteiger partial charge in [-0.2, -0.15) is 0 Å². The van der Waals surface area contributed by atoms with E-state index in [2.05, 4.69) is 15.3 Å². The first kappa shape index (κ1) is 8.90. The first-order valence-electron chi connectivity index (χ1n) is 3.97. The molecule has 0 saturated carbocycles. The van der Waals surface area contributed by atoms with E-state index in [0.717, 1.165) is 13.0 Å². The zero-order valence-corrected chi connectivity index (χ0v) is 7.26. The molecule has 0 spiro atoms. The Balaban J connectivity index is 2.69. The Morgan fingerprint density at radius 1 is 1.58 bits per heavy atom. The van der Waals surface area contributed by atoms with E-state index in [-0.39, 0.29) is 5.82 Å². The molecule has 1 N–H and O–H groups in total. The number of hydrogen-bond donors (Lipinski definition) is 1. The largest absolute Gasteiger partial charge is 0.354 e. The Kier molecular flexibility index (Phi) is 2.96. The van der Waals surface area contributed by atoms with Crippen molar-refractivity contribution in [3.05, 3.63) is 17.7 Å². The molecule has 0 unspecified atom stereocenters. The van der Waals surface area contributed by atoms with Crippen LogP contribution in [0, 0.1) is 12.7 Å². The summed E-state index contributed by atoms with van der Waals surface area (Å²) in [5.41, 5.74) is 0.378. The molecule has 0 fully saturated rings. The molecule has 3 nitrogen and oxygen atoms in total. The number of aromatic nitrogens is 2. The second kappa shape index (κ2) is 3.99. The second-order valence-electron chi connectivity index (χ2n) is 2.55. The summed E-state index contributed by atoms with van der Waals surface area (Å²) in [6.07, 6.45) is 2.18. The Morgan fingerprint density at radius 2 is 2.33 bits per heavy atom. The predicted molar refractivity (Wildman–Crippen MR) is 45.5 cm³/mol. The van der Waals surface area contributed by atoms with Crippen molar-refractivity contribution in [2.24, 2.45) is 0 Å². The molecule has 0 saturated heterocycles. The van der Waals surface area contributed by atoms with Crippen LogP contribution in [0.15, 0.2) is 6.20 Å². The summed E-state index contributed by atoms with van der Waals surface area (Å²) in [5.74, 6) is 0.132. The zero-order valence-electron chi connectivity index (χ0n) is 7.26. The molecule has 4 heteroatoms. The lowest BCUT2D eigenvalue weighted by Gasteiger charge is -2.02. The second-order valence-corrected chi connectivity index (χ2v) is 2.55. The zero-order chi connectivity index (χ0) is 8.97. The normalized spacial score (nSPS) is 9.92. The van der Waals surface area contributed by atoms with Gasteiger partial charge in [0.1, 0.15) is 0 Å². The maximum absolute atomic E-state index is 12.7. The van der Waals surface area contributed by atoms with E-state index in [0.29, 0.717) is 11.6 Å². The summed E-state index contributed by atoms with van der Waals surface area (Å²) in [6, 6.07) is 0. The minimum absolute atomic E-state index is 0.364. The third-order valence-electron chi connectivity index (χ3n) is 1.45. The van der Waals surface area contributed by atoms with Gasteiger partial charge in [0.2, 0.25) is 5.95 Å². The van der Waals surface area contributed by atoms with Crippen molar-refractivity contribution < 1.29 is 4.39 Å². The number of hydrogen-bond acceptors (Lipinski definition) is 3.